The van der Waals surface area contributed by atoms with Gasteiger partial charge in [0.1, 0.15) is 0 Å². The molecule has 0 aromatic rings. The van der Waals surface area contributed by atoms with Gasteiger partial charge in [0.05, 0.1) is 6.67 Å². The van der Waals surface area contributed by atoms with Crippen molar-refractivity contribution in [2.24, 2.45) is 5.92 Å². The van der Waals surface area contributed by atoms with Gasteiger partial charge in [-0.2, -0.15) is 0 Å². The molecule has 0 aliphatic heterocycles. The van der Waals surface area contributed by atoms with Gasteiger partial charge in [-0.05, 0) is 30.9 Å². The van der Waals surface area contributed by atoms with Crippen LogP contribution in [0.2, 0.25) is 0 Å². The summed E-state index contributed by atoms with van der Waals surface area (Å²) in [5.41, 5.74) is 0. The quantitative estimate of drug-likeness (QED) is 0.314. The van der Waals surface area contributed by atoms with E-state index in [-0.39, 0.29) is 17.8 Å². The van der Waals surface area contributed by atoms with Crippen LogP contribution in [0.5, 0.6) is 0 Å². The Labute approximate surface area is 116 Å². The van der Waals surface area contributed by atoms with Crippen LogP contribution in [0.15, 0.2) is 0 Å². The number of hydrogen-bond donors (Lipinski definition) is 0. The fourth-order valence-electron chi connectivity index (χ4n) is 2.19. The zero-order chi connectivity index (χ0) is 13.6. The normalized spacial score (nSPS) is 12.6. The number of rotatable bonds is 13. The molecule has 1 nitrogen and oxygen atoms in total. The average molecular weight is 279 g/mol. The largest absolute Gasteiger partial charge is 0.281 e. The van der Waals surface area contributed by atoms with Crippen molar-refractivity contribution >= 4 is 16.8 Å². The molecule has 0 fully saturated rings. The molecule has 0 aliphatic rings. The van der Waals surface area contributed by atoms with Crippen molar-refractivity contribution in [2.75, 3.05) is 6.67 Å². The van der Waals surface area contributed by atoms with Gasteiger partial charge in [0.15, 0.2) is 0 Å². The van der Waals surface area contributed by atoms with E-state index in [2.05, 4.69) is 6.92 Å². The minimum Gasteiger partial charge on any atom is -0.281 e. The van der Waals surface area contributed by atoms with Gasteiger partial charge < -0.3 is 0 Å². The summed E-state index contributed by atoms with van der Waals surface area (Å²) in [6.45, 7) is 1.95. The Bertz CT molecular complexity index is 197. The summed E-state index contributed by atoms with van der Waals surface area (Å²) in [6.07, 6.45) is 11.6. The molecule has 0 aliphatic carbocycles. The smallest absolute Gasteiger partial charge is 0.224 e. The first-order chi connectivity index (χ1) is 8.72. The lowest BCUT2D eigenvalue weighted by Gasteiger charge is -2.11. The molecule has 0 saturated heterocycles. The monoisotopic (exact) mass is 278 g/mol. The molecule has 0 rings (SSSR count). The predicted molar refractivity (Wildman–Crippen MR) is 76.8 cm³/mol. The summed E-state index contributed by atoms with van der Waals surface area (Å²) in [7, 11) is 0. The molecule has 0 bridgehead atoms. The third-order valence-corrected chi connectivity index (χ3v) is 3.72. The van der Waals surface area contributed by atoms with E-state index in [4.69, 9.17) is 11.6 Å². The van der Waals surface area contributed by atoms with Gasteiger partial charge in [-0.25, -0.2) is 0 Å². The maximum Gasteiger partial charge on any atom is 0.224 e. The molecule has 1 unspecified atom stereocenters. The molecule has 3 heteroatoms. The minimum absolute atomic E-state index is 0.0677. The Kier molecular flexibility index (Phi) is 13.2. The van der Waals surface area contributed by atoms with Crippen LogP contribution in [0.3, 0.4) is 0 Å². The van der Waals surface area contributed by atoms with Gasteiger partial charge in [-0.1, -0.05) is 58.3 Å². The third kappa shape index (κ3) is 11.0. The van der Waals surface area contributed by atoms with E-state index in [9.17, 15) is 9.18 Å². The van der Waals surface area contributed by atoms with Gasteiger partial charge in [0.2, 0.25) is 5.24 Å². The Hall–Kier alpha value is -0.110. The number of alkyl halides is 1. The lowest BCUT2D eigenvalue weighted by molar-refractivity contribution is -0.115. The molecular formula is C15H28ClFO. The van der Waals surface area contributed by atoms with E-state index in [1.807, 2.05) is 0 Å². The lowest BCUT2D eigenvalue weighted by Crippen LogP contribution is -2.08. The predicted octanol–water partition coefficient (Wildman–Crippen LogP) is 5.65. The Morgan fingerprint density at radius 1 is 0.944 bits per heavy atom. The molecule has 0 N–H and O–H groups in total. The first kappa shape index (κ1) is 17.9. The SMILES string of the molecule is CCCCC(CCCCCCCCCF)C(=O)Cl. The zero-order valence-electron chi connectivity index (χ0n) is 11.7. The van der Waals surface area contributed by atoms with Crippen LogP contribution in [0, 0.1) is 5.92 Å². The number of carbonyl (C=O) groups is 1. The van der Waals surface area contributed by atoms with E-state index in [0.717, 1.165) is 44.9 Å². The highest BCUT2D eigenvalue weighted by Crippen LogP contribution is 2.20. The highest BCUT2D eigenvalue weighted by Gasteiger charge is 2.14. The van der Waals surface area contributed by atoms with Crippen LogP contribution in [-0.2, 0) is 4.79 Å². The van der Waals surface area contributed by atoms with Crippen molar-refractivity contribution in [3.63, 3.8) is 0 Å². The zero-order valence-corrected chi connectivity index (χ0v) is 12.5. The van der Waals surface area contributed by atoms with Crippen molar-refractivity contribution < 1.29 is 9.18 Å². The molecule has 1 atom stereocenters. The fourth-order valence-corrected chi connectivity index (χ4v) is 2.41. The molecule has 0 heterocycles. The standard InChI is InChI=1S/C15H28ClFO/c1-2-3-11-14(15(16)18)12-9-7-5-4-6-8-10-13-17/h14H,2-13H2,1H3. The van der Waals surface area contributed by atoms with Crippen molar-refractivity contribution in [3.05, 3.63) is 0 Å². The topological polar surface area (TPSA) is 17.1 Å². The summed E-state index contributed by atoms with van der Waals surface area (Å²) in [4.78, 5) is 11.2. The Balaban J connectivity index is 3.40. The molecule has 18 heavy (non-hydrogen) atoms. The third-order valence-electron chi connectivity index (χ3n) is 3.41. The maximum absolute atomic E-state index is 11.8. The maximum atomic E-state index is 11.8. The van der Waals surface area contributed by atoms with E-state index < -0.39 is 0 Å². The van der Waals surface area contributed by atoms with E-state index in [1.54, 1.807) is 0 Å². The van der Waals surface area contributed by atoms with Crippen LogP contribution < -0.4 is 0 Å². The molecular weight excluding hydrogens is 251 g/mol. The molecule has 108 valence electrons. The molecule has 0 spiro atoms. The average Bonchev–Trinajstić information content (AvgIpc) is 2.35. The van der Waals surface area contributed by atoms with Crippen LogP contribution in [0.4, 0.5) is 4.39 Å². The molecule has 0 amide bonds. The van der Waals surface area contributed by atoms with E-state index in [0.29, 0.717) is 6.42 Å². The molecule has 0 aromatic heterocycles. The van der Waals surface area contributed by atoms with Crippen molar-refractivity contribution in [3.8, 4) is 0 Å². The Morgan fingerprint density at radius 2 is 1.44 bits per heavy atom. The van der Waals surface area contributed by atoms with Gasteiger partial charge in [0.25, 0.3) is 0 Å². The van der Waals surface area contributed by atoms with Crippen molar-refractivity contribution in [1.29, 1.82) is 0 Å². The van der Waals surface area contributed by atoms with Crippen LogP contribution in [0.25, 0.3) is 0 Å². The van der Waals surface area contributed by atoms with E-state index >= 15 is 0 Å². The molecule has 0 radical (unpaired) electrons. The Morgan fingerprint density at radius 3 is 1.94 bits per heavy atom. The second kappa shape index (κ2) is 13.3. The molecule has 0 saturated carbocycles. The van der Waals surface area contributed by atoms with E-state index in [1.165, 1.54) is 19.3 Å². The summed E-state index contributed by atoms with van der Waals surface area (Å²) in [6, 6.07) is 0. The fraction of sp³-hybridized carbons (Fsp3) is 0.933. The molecule has 0 aromatic carbocycles. The van der Waals surface area contributed by atoms with Crippen molar-refractivity contribution in [1.82, 2.24) is 0 Å². The second-order valence-corrected chi connectivity index (χ2v) is 5.47. The number of hydrogen-bond acceptors (Lipinski definition) is 1. The summed E-state index contributed by atoms with van der Waals surface area (Å²) < 4.78 is 11.8. The highest BCUT2D eigenvalue weighted by atomic mass is 35.5. The van der Waals surface area contributed by atoms with Gasteiger partial charge in [-0.3, -0.25) is 9.18 Å². The highest BCUT2D eigenvalue weighted by molar-refractivity contribution is 6.63. The summed E-state index contributed by atoms with van der Waals surface area (Å²) >= 11 is 5.60. The van der Waals surface area contributed by atoms with Gasteiger partial charge in [-0.15, -0.1) is 0 Å². The second-order valence-electron chi connectivity index (χ2n) is 5.10. The number of carbonyl (C=O) groups excluding carboxylic acids is 1. The number of unbranched alkanes of at least 4 members (excludes halogenated alkanes) is 7. The summed E-state index contributed by atoms with van der Waals surface area (Å²) in [5, 5.41) is -0.161. The van der Waals surface area contributed by atoms with Crippen LogP contribution in [-0.4, -0.2) is 11.9 Å². The van der Waals surface area contributed by atoms with Crippen LogP contribution >= 0.6 is 11.6 Å². The summed E-state index contributed by atoms with van der Waals surface area (Å²) in [5.74, 6) is 0.0677. The first-order valence-electron chi connectivity index (χ1n) is 7.47. The van der Waals surface area contributed by atoms with Gasteiger partial charge in [0, 0.05) is 5.92 Å². The lowest BCUT2D eigenvalue weighted by atomic mass is 9.96. The first-order valence-corrected chi connectivity index (χ1v) is 7.85. The minimum atomic E-state index is -0.184. The van der Waals surface area contributed by atoms with Gasteiger partial charge >= 0.3 is 0 Å². The van der Waals surface area contributed by atoms with Crippen LogP contribution in [0.1, 0.15) is 77.6 Å². The van der Waals surface area contributed by atoms with Crippen molar-refractivity contribution in [2.45, 2.75) is 77.6 Å². The number of halogens is 2.